The summed E-state index contributed by atoms with van der Waals surface area (Å²) >= 11 is 0. The second-order valence-electron chi connectivity index (χ2n) is 3.91. The van der Waals surface area contributed by atoms with Crippen LogP contribution in [-0.4, -0.2) is 15.0 Å². The molecule has 2 N–H and O–H groups in total. The zero-order chi connectivity index (χ0) is 14.8. The number of nitrogens with zero attached hydrogens (tertiary/aromatic N) is 4. The van der Waals surface area contributed by atoms with Crippen LogP contribution in [0.25, 0.3) is 0 Å². The van der Waals surface area contributed by atoms with E-state index >= 15 is 0 Å². The number of halogens is 3. The standard InChI is InChI=1S/C12H8F3N5/c13-12(14,15)8-1-2-9(18-6-8)3-10-7(4-16)5-19-11(17)20-10/h1-2,5-6H,3H2,(H2,17,19,20). The smallest absolute Gasteiger partial charge is 0.368 e. The molecular weight excluding hydrogens is 271 g/mol. The van der Waals surface area contributed by atoms with E-state index in [2.05, 4.69) is 15.0 Å². The van der Waals surface area contributed by atoms with Crippen molar-refractivity contribution in [1.29, 1.82) is 5.26 Å². The lowest BCUT2D eigenvalue weighted by atomic mass is 10.1. The van der Waals surface area contributed by atoms with Crippen LogP contribution in [0.5, 0.6) is 0 Å². The van der Waals surface area contributed by atoms with E-state index in [4.69, 9.17) is 11.0 Å². The number of nitrogens with two attached hydrogens (primary N) is 1. The van der Waals surface area contributed by atoms with Gasteiger partial charge in [-0.05, 0) is 12.1 Å². The fourth-order valence-electron chi connectivity index (χ4n) is 1.53. The van der Waals surface area contributed by atoms with Crippen molar-refractivity contribution >= 4 is 5.95 Å². The van der Waals surface area contributed by atoms with Crippen LogP contribution in [0.4, 0.5) is 19.1 Å². The van der Waals surface area contributed by atoms with Gasteiger partial charge in [0.25, 0.3) is 0 Å². The number of nitrogen functional groups attached to an aromatic ring is 1. The van der Waals surface area contributed by atoms with Crippen LogP contribution in [0.15, 0.2) is 24.5 Å². The topological polar surface area (TPSA) is 88.5 Å². The van der Waals surface area contributed by atoms with Gasteiger partial charge in [0, 0.05) is 18.3 Å². The second-order valence-corrected chi connectivity index (χ2v) is 3.91. The van der Waals surface area contributed by atoms with Crippen LogP contribution in [0.3, 0.4) is 0 Å². The number of alkyl halides is 3. The first-order chi connectivity index (χ1) is 9.40. The minimum absolute atomic E-state index is 0.00842. The Morgan fingerprint density at radius 3 is 2.50 bits per heavy atom. The summed E-state index contributed by atoms with van der Waals surface area (Å²) in [4.78, 5) is 11.3. The van der Waals surface area contributed by atoms with Crippen LogP contribution in [-0.2, 0) is 12.6 Å². The summed E-state index contributed by atoms with van der Waals surface area (Å²) < 4.78 is 37.2. The summed E-state index contributed by atoms with van der Waals surface area (Å²) in [5.74, 6) is -0.00842. The van der Waals surface area contributed by atoms with E-state index in [9.17, 15) is 13.2 Å². The molecule has 20 heavy (non-hydrogen) atoms. The van der Waals surface area contributed by atoms with Crippen LogP contribution < -0.4 is 5.73 Å². The van der Waals surface area contributed by atoms with Gasteiger partial charge in [-0.3, -0.25) is 4.98 Å². The lowest BCUT2D eigenvalue weighted by Crippen LogP contribution is -2.07. The number of hydrogen-bond acceptors (Lipinski definition) is 5. The molecule has 0 spiro atoms. The van der Waals surface area contributed by atoms with Gasteiger partial charge in [0.05, 0.1) is 23.0 Å². The Morgan fingerprint density at radius 2 is 1.95 bits per heavy atom. The van der Waals surface area contributed by atoms with Crippen molar-refractivity contribution in [3.63, 3.8) is 0 Å². The highest BCUT2D eigenvalue weighted by molar-refractivity contribution is 5.36. The highest BCUT2D eigenvalue weighted by Gasteiger charge is 2.30. The zero-order valence-electron chi connectivity index (χ0n) is 10.0. The molecule has 2 aromatic heterocycles. The van der Waals surface area contributed by atoms with Gasteiger partial charge in [-0.2, -0.15) is 18.4 Å². The molecular formula is C12H8F3N5. The predicted molar refractivity (Wildman–Crippen MR) is 63.2 cm³/mol. The average Bonchev–Trinajstić information content (AvgIpc) is 2.38. The second kappa shape index (κ2) is 5.13. The van der Waals surface area contributed by atoms with Gasteiger partial charge in [-0.25, -0.2) is 9.97 Å². The predicted octanol–water partition coefficient (Wildman–Crippen LogP) is 1.94. The van der Waals surface area contributed by atoms with E-state index in [0.717, 1.165) is 12.3 Å². The summed E-state index contributed by atoms with van der Waals surface area (Å²) in [7, 11) is 0. The van der Waals surface area contributed by atoms with E-state index < -0.39 is 11.7 Å². The molecule has 0 saturated heterocycles. The normalized spacial score (nSPS) is 11.1. The maximum Gasteiger partial charge on any atom is 0.417 e. The maximum atomic E-state index is 12.4. The Balaban J connectivity index is 2.27. The SMILES string of the molecule is N#Cc1cnc(N)nc1Cc1ccc(C(F)(F)F)cn1. The van der Waals surface area contributed by atoms with E-state index in [1.54, 1.807) is 0 Å². The molecule has 0 aliphatic carbocycles. The first kappa shape index (κ1) is 13.7. The molecule has 0 aromatic carbocycles. The molecule has 0 aliphatic heterocycles. The average molecular weight is 279 g/mol. The minimum atomic E-state index is -4.43. The third kappa shape index (κ3) is 3.00. The Morgan fingerprint density at radius 1 is 1.20 bits per heavy atom. The number of rotatable bonds is 2. The minimum Gasteiger partial charge on any atom is -0.368 e. The molecule has 0 atom stereocenters. The molecule has 2 aromatic rings. The third-order valence-corrected chi connectivity index (χ3v) is 2.51. The van der Waals surface area contributed by atoms with Crippen molar-refractivity contribution in [3.05, 3.63) is 47.0 Å². The van der Waals surface area contributed by atoms with E-state index in [1.165, 1.54) is 12.3 Å². The first-order valence-electron chi connectivity index (χ1n) is 5.44. The fourth-order valence-corrected chi connectivity index (χ4v) is 1.53. The number of nitriles is 1. The third-order valence-electron chi connectivity index (χ3n) is 2.51. The number of pyridine rings is 1. The van der Waals surface area contributed by atoms with Gasteiger partial charge in [0.2, 0.25) is 5.95 Å². The Hall–Kier alpha value is -2.69. The van der Waals surface area contributed by atoms with E-state index in [-0.39, 0.29) is 17.9 Å². The quantitative estimate of drug-likeness (QED) is 0.907. The molecule has 2 heterocycles. The molecule has 0 fully saturated rings. The molecule has 0 bridgehead atoms. The zero-order valence-corrected chi connectivity index (χ0v) is 10.0. The fraction of sp³-hybridized carbons (Fsp3) is 0.167. The van der Waals surface area contributed by atoms with Gasteiger partial charge in [0.1, 0.15) is 6.07 Å². The Bertz CT molecular complexity index is 658. The molecule has 0 radical (unpaired) electrons. The van der Waals surface area contributed by atoms with Gasteiger partial charge in [-0.1, -0.05) is 0 Å². The van der Waals surface area contributed by atoms with Gasteiger partial charge >= 0.3 is 6.18 Å². The highest BCUT2D eigenvalue weighted by Crippen LogP contribution is 2.28. The van der Waals surface area contributed by atoms with Gasteiger partial charge in [-0.15, -0.1) is 0 Å². The molecule has 102 valence electrons. The van der Waals surface area contributed by atoms with Crippen LogP contribution in [0, 0.1) is 11.3 Å². The van der Waals surface area contributed by atoms with Gasteiger partial charge < -0.3 is 5.73 Å². The summed E-state index contributed by atoms with van der Waals surface area (Å²) in [5.41, 5.74) is 5.48. The molecule has 0 amide bonds. The van der Waals surface area contributed by atoms with Crippen molar-refractivity contribution in [2.45, 2.75) is 12.6 Å². The highest BCUT2D eigenvalue weighted by atomic mass is 19.4. The summed E-state index contributed by atoms with van der Waals surface area (Å²) in [6.45, 7) is 0. The number of anilines is 1. The molecule has 0 unspecified atom stereocenters. The van der Waals surface area contributed by atoms with Crippen LogP contribution in [0.1, 0.15) is 22.5 Å². The molecule has 0 saturated carbocycles. The number of hydrogen-bond donors (Lipinski definition) is 1. The summed E-state index contributed by atoms with van der Waals surface area (Å²) in [6.07, 6.45) is -2.32. The maximum absolute atomic E-state index is 12.4. The van der Waals surface area contributed by atoms with Crippen LogP contribution in [0.2, 0.25) is 0 Å². The largest absolute Gasteiger partial charge is 0.417 e. The van der Waals surface area contributed by atoms with Crippen molar-refractivity contribution in [2.75, 3.05) is 5.73 Å². The first-order valence-corrected chi connectivity index (χ1v) is 5.44. The van der Waals surface area contributed by atoms with Crippen molar-refractivity contribution < 1.29 is 13.2 Å². The Kier molecular flexibility index (Phi) is 3.52. The monoisotopic (exact) mass is 279 g/mol. The lowest BCUT2D eigenvalue weighted by Gasteiger charge is -2.07. The molecule has 0 aliphatic rings. The molecule has 2 rings (SSSR count). The van der Waals surface area contributed by atoms with Crippen molar-refractivity contribution in [3.8, 4) is 6.07 Å². The summed E-state index contributed by atoms with van der Waals surface area (Å²) in [5, 5.41) is 8.90. The van der Waals surface area contributed by atoms with Crippen LogP contribution >= 0.6 is 0 Å². The van der Waals surface area contributed by atoms with E-state index in [1.807, 2.05) is 6.07 Å². The Labute approximate surface area is 111 Å². The molecule has 5 nitrogen and oxygen atoms in total. The van der Waals surface area contributed by atoms with E-state index in [0.29, 0.717) is 11.4 Å². The molecule has 8 heteroatoms. The van der Waals surface area contributed by atoms with Crippen molar-refractivity contribution in [2.24, 2.45) is 0 Å². The number of aromatic nitrogens is 3. The van der Waals surface area contributed by atoms with Crippen molar-refractivity contribution in [1.82, 2.24) is 15.0 Å². The lowest BCUT2D eigenvalue weighted by molar-refractivity contribution is -0.137. The summed E-state index contributed by atoms with van der Waals surface area (Å²) in [6, 6.07) is 4.06. The van der Waals surface area contributed by atoms with Gasteiger partial charge in [0.15, 0.2) is 0 Å².